The average molecular weight is 249 g/mol. The summed E-state index contributed by atoms with van der Waals surface area (Å²) in [7, 11) is 4.03. The molecule has 1 rings (SSSR count). The fourth-order valence-electron chi connectivity index (χ4n) is 1.47. The number of amides is 1. The Morgan fingerprint density at radius 1 is 1.22 bits per heavy atom. The molecule has 0 aliphatic rings. The van der Waals surface area contributed by atoms with Crippen LogP contribution in [0.5, 0.6) is 0 Å². The number of likely N-dealkylation sites (N-methyl/N-ethyl adjacent to an activating group) is 1. The van der Waals surface area contributed by atoms with E-state index in [4.69, 9.17) is 0 Å². The molecule has 0 aliphatic carbocycles. The summed E-state index contributed by atoms with van der Waals surface area (Å²) in [6.07, 6.45) is 0. The van der Waals surface area contributed by atoms with Gasteiger partial charge in [-0.2, -0.15) is 0 Å². The lowest BCUT2D eigenvalue weighted by Crippen LogP contribution is -2.36. The van der Waals surface area contributed by atoms with Gasteiger partial charge in [-0.25, -0.2) is 0 Å². The number of rotatable bonds is 7. The molecule has 4 nitrogen and oxygen atoms in total. The Bertz CT molecular complexity index is 360. The van der Waals surface area contributed by atoms with E-state index in [9.17, 15) is 4.79 Å². The van der Waals surface area contributed by atoms with Gasteiger partial charge in [0.15, 0.2) is 0 Å². The summed E-state index contributed by atoms with van der Waals surface area (Å²) in [6, 6.07) is 8.18. The van der Waals surface area contributed by atoms with E-state index >= 15 is 0 Å². The third kappa shape index (κ3) is 6.37. The molecule has 1 aromatic rings. The van der Waals surface area contributed by atoms with Crippen LogP contribution in [-0.4, -0.2) is 44.5 Å². The molecule has 1 aromatic carbocycles. The number of hydrogen-bond acceptors (Lipinski definition) is 3. The molecule has 2 N–H and O–H groups in total. The summed E-state index contributed by atoms with van der Waals surface area (Å²) in [6.45, 7) is 4.78. The van der Waals surface area contributed by atoms with Gasteiger partial charge in [0.2, 0.25) is 5.91 Å². The van der Waals surface area contributed by atoms with Gasteiger partial charge >= 0.3 is 0 Å². The Labute approximate surface area is 109 Å². The van der Waals surface area contributed by atoms with Gasteiger partial charge in [-0.1, -0.05) is 29.8 Å². The molecule has 0 saturated heterocycles. The van der Waals surface area contributed by atoms with Crippen LogP contribution in [0.1, 0.15) is 11.1 Å². The number of aryl methyl sites for hydroxylation is 1. The maximum absolute atomic E-state index is 11.5. The fourth-order valence-corrected chi connectivity index (χ4v) is 1.47. The van der Waals surface area contributed by atoms with Crippen LogP contribution in [0.3, 0.4) is 0 Å². The predicted molar refractivity (Wildman–Crippen MR) is 74.4 cm³/mol. The Balaban J connectivity index is 2.15. The van der Waals surface area contributed by atoms with Gasteiger partial charge < -0.3 is 15.5 Å². The van der Waals surface area contributed by atoms with Crippen molar-refractivity contribution < 1.29 is 4.79 Å². The quantitative estimate of drug-likeness (QED) is 0.701. The van der Waals surface area contributed by atoms with Gasteiger partial charge in [0.1, 0.15) is 0 Å². The number of nitrogens with one attached hydrogen (secondary N) is 2. The van der Waals surface area contributed by atoms with Gasteiger partial charge in [-0.15, -0.1) is 0 Å². The molecule has 1 amide bonds. The van der Waals surface area contributed by atoms with E-state index in [1.54, 1.807) is 0 Å². The number of nitrogens with zero attached hydrogens (tertiary/aromatic N) is 1. The van der Waals surface area contributed by atoms with Crippen LogP contribution in [0.4, 0.5) is 0 Å². The first kappa shape index (κ1) is 14.7. The zero-order valence-electron chi connectivity index (χ0n) is 11.5. The van der Waals surface area contributed by atoms with E-state index in [0.717, 1.165) is 18.7 Å². The van der Waals surface area contributed by atoms with Crippen LogP contribution in [0.15, 0.2) is 24.3 Å². The largest absolute Gasteiger partial charge is 0.351 e. The van der Waals surface area contributed by atoms with Crippen LogP contribution in [0, 0.1) is 6.92 Å². The molecule has 0 unspecified atom stereocenters. The molecular weight excluding hydrogens is 226 g/mol. The van der Waals surface area contributed by atoms with Crippen molar-refractivity contribution in [2.75, 3.05) is 33.7 Å². The first-order valence-electron chi connectivity index (χ1n) is 6.25. The van der Waals surface area contributed by atoms with E-state index in [-0.39, 0.29) is 5.91 Å². The summed E-state index contributed by atoms with van der Waals surface area (Å²) in [5.74, 6) is 0.0364. The molecule has 0 atom stereocenters. The fraction of sp³-hybridized carbons (Fsp3) is 0.500. The van der Waals surface area contributed by atoms with Crippen LogP contribution in [0.2, 0.25) is 0 Å². The van der Waals surface area contributed by atoms with Crippen LogP contribution in [-0.2, 0) is 11.3 Å². The molecule has 0 bridgehead atoms. The molecule has 0 spiro atoms. The SMILES string of the molecule is Cc1ccc(CNC(=O)CNCCN(C)C)cc1. The number of hydrogen-bond donors (Lipinski definition) is 2. The lowest BCUT2D eigenvalue weighted by Gasteiger charge is -2.10. The van der Waals surface area contributed by atoms with Crippen molar-refractivity contribution in [1.29, 1.82) is 0 Å². The van der Waals surface area contributed by atoms with Crippen LogP contribution < -0.4 is 10.6 Å². The van der Waals surface area contributed by atoms with Crippen molar-refractivity contribution in [2.24, 2.45) is 0 Å². The van der Waals surface area contributed by atoms with Crippen LogP contribution >= 0.6 is 0 Å². The lowest BCUT2D eigenvalue weighted by atomic mass is 10.1. The lowest BCUT2D eigenvalue weighted by molar-refractivity contribution is -0.120. The van der Waals surface area contributed by atoms with Gasteiger partial charge in [0.05, 0.1) is 6.54 Å². The summed E-state index contributed by atoms with van der Waals surface area (Å²) in [5, 5.41) is 6.00. The monoisotopic (exact) mass is 249 g/mol. The van der Waals surface area contributed by atoms with Gasteiger partial charge in [0, 0.05) is 19.6 Å². The average Bonchev–Trinajstić information content (AvgIpc) is 2.34. The highest BCUT2D eigenvalue weighted by molar-refractivity contribution is 5.77. The van der Waals surface area contributed by atoms with E-state index in [1.807, 2.05) is 26.2 Å². The summed E-state index contributed by atoms with van der Waals surface area (Å²) in [4.78, 5) is 13.6. The summed E-state index contributed by atoms with van der Waals surface area (Å²) < 4.78 is 0. The van der Waals surface area contributed by atoms with Crippen molar-refractivity contribution in [1.82, 2.24) is 15.5 Å². The molecule has 0 aromatic heterocycles. The second kappa shape index (κ2) is 7.84. The maximum Gasteiger partial charge on any atom is 0.234 e. The van der Waals surface area contributed by atoms with E-state index in [0.29, 0.717) is 13.1 Å². The third-order valence-electron chi connectivity index (χ3n) is 2.63. The standard InChI is InChI=1S/C14H23N3O/c1-12-4-6-13(7-5-12)10-16-14(18)11-15-8-9-17(2)3/h4-7,15H,8-11H2,1-3H3,(H,16,18). The van der Waals surface area contributed by atoms with E-state index in [1.165, 1.54) is 5.56 Å². The van der Waals surface area contributed by atoms with Crippen molar-refractivity contribution in [2.45, 2.75) is 13.5 Å². The predicted octanol–water partition coefficient (Wildman–Crippen LogP) is 0.762. The van der Waals surface area contributed by atoms with Gasteiger partial charge in [-0.05, 0) is 26.6 Å². The normalized spacial score (nSPS) is 10.7. The Morgan fingerprint density at radius 2 is 1.89 bits per heavy atom. The smallest absolute Gasteiger partial charge is 0.234 e. The van der Waals surface area contributed by atoms with Crippen molar-refractivity contribution in [3.8, 4) is 0 Å². The molecule has 0 saturated carbocycles. The minimum absolute atomic E-state index is 0.0364. The first-order chi connectivity index (χ1) is 8.58. The molecule has 100 valence electrons. The van der Waals surface area contributed by atoms with Crippen LogP contribution in [0.25, 0.3) is 0 Å². The third-order valence-corrected chi connectivity index (χ3v) is 2.63. The number of benzene rings is 1. The summed E-state index contributed by atoms with van der Waals surface area (Å²) >= 11 is 0. The molecule has 4 heteroatoms. The van der Waals surface area contributed by atoms with Gasteiger partial charge in [0.25, 0.3) is 0 Å². The Morgan fingerprint density at radius 3 is 2.50 bits per heavy atom. The Hall–Kier alpha value is -1.39. The van der Waals surface area contributed by atoms with Crippen molar-refractivity contribution >= 4 is 5.91 Å². The van der Waals surface area contributed by atoms with Crippen molar-refractivity contribution in [3.05, 3.63) is 35.4 Å². The van der Waals surface area contributed by atoms with E-state index in [2.05, 4.69) is 34.6 Å². The first-order valence-corrected chi connectivity index (χ1v) is 6.25. The summed E-state index contributed by atoms with van der Waals surface area (Å²) in [5.41, 5.74) is 2.36. The number of carbonyl (C=O) groups is 1. The molecule has 0 heterocycles. The topological polar surface area (TPSA) is 44.4 Å². The second-order valence-electron chi connectivity index (χ2n) is 4.74. The molecular formula is C14H23N3O. The highest BCUT2D eigenvalue weighted by Crippen LogP contribution is 2.02. The van der Waals surface area contributed by atoms with E-state index < -0.39 is 0 Å². The van der Waals surface area contributed by atoms with Gasteiger partial charge in [-0.3, -0.25) is 4.79 Å². The maximum atomic E-state index is 11.5. The highest BCUT2D eigenvalue weighted by atomic mass is 16.1. The molecule has 0 aliphatic heterocycles. The highest BCUT2D eigenvalue weighted by Gasteiger charge is 2.00. The van der Waals surface area contributed by atoms with Crippen molar-refractivity contribution in [3.63, 3.8) is 0 Å². The zero-order valence-corrected chi connectivity index (χ0v) is 11.5. The zero-order chi connectivity index (χ0) is 13.4. The minimum Gasteiger partial charge on any atom is -0.351 e. The number of carbonyl (C=O) groups excluding carboxylic acids is 1. The molecule has 0 radical (unpaired) electrons. The Kier molecular flexibility index (Phi) is 6.39. The second-order valence-corrected chi connectivity index (χ2v) is 4.74. The molecule has 0 fully saturated rings. The minimum atomic E-state index is 0.0364. The molecule has 18 heavy (non-hydrogen) atoms.